The van der Waals surface area contributed by atoms with Crippen molar-refractivity contribution in [2.24, 2.45) is 4.99 Å². The van der Waals surface area contributed by atoms with E-state index in [0.29, 0.717) is 0 Å². The van der Waals surface area contributed by atoms with E-state index in [9.17, 15) is 13.2 Å². The third kappa shape index (κ3) is 1.42. The molecule has 0 amide bonds. The van der Waals surface area contributed by atoms with Crippen LogP contribution in [0.1, 0.15) is 0 Å². The van der Waals surface area contributed by atoms with Crippen LogP contribution in [0, 0.1) is 0 Å². The number of carboxylic acid groups (broad SMARTS) is 1. The summed E-state index contributed by atoms with van der Waals surface area (Å²) >= 11 is 0. The molecule has 5 nitrogen and oxygen atoms in total. The Labute approximate surface area is 86.0 Å². The Morgan fingerprint density at radius 3 is 2.67 bits per heavy atom. The molecule has 1 aliphatic heterocycles. The van der Waals surface area contributed by atoms with Crippen LogP contribution >= 0.6 is 0 Å². The van der Waals surface area contributed by atoms with E-state index in [1.54, 1.807) is 6.07 Å². The monoisotopic (exact) mass is 225 g/mol. The lowest BCUT2D eigenvalue weighted by Crippen LogP contribution is -2.33. The molecule has 1 aromatic rings. The van der Waals surface area contributed by atoms with Gasteiger partial charge in [-0.1, -0.05) is 12.1 Å². The lowest BCUT2D eigenvalue weighted by atomic mass is 10.3. The van der Waals surface area contributed by atoms with E-state index in [0.717, 1.165) is 6.21 Å². The van der Waals surface area contributed by atoms with Crippen molar-refractivity contribution < 1.29 is 18.3 Å². The maximum Gasteiger partial charge on any atom is 0.327 e. The van der Waals surface area contributed by atoms with E-state index in [1.165, 1.54) is 18.2 Å². The van der Waals surface area contributed by atoms with Crippen LogP contribution in [0.15, 0.2) is 34.2 Å². The molecule has 1 unspecified atom stereocenters. The predicted molar refractivity (Wildman–Crippen MR) is 53.2 cm³/mol. The fourth-order valence-electron chi connectivity index (χ4n) is 1.37. The molecule has 0 saturated heterocycles. The number of hydrogen-bond donors (Lipinski definition) is 1. The topological polar surface area (TPSA) is 83.8 Å². The van der Waals surface area contributed by atoms with Crippen molar-refractivity contribution in [1.29, 1.82) is 0 Å². The zero-order valence-electron chi connectivity index (χ0n) is 7.49. The fraction of sp³-hybridized carbons (Fsp3) is 0.111. The van der Waals surface area contributed by atoms with Crippen molar-refractivity contribution in [2.45, 2.75) is 10.1 Å². The zero-order chi connectivity index (χ0) is 11.1. The smallest absolute Gasteiger partial charge is 0.327 e. The summed E-state index contributed by atoms with van der Waals surface area (Å²) in [6.45, 7) is 0. The third-order valence-electron chi connectivity index (χ3n) is 2.10. The summed E-state index contributed by atoms with van der Waals surface area (Å²) in [5.41, 5.74) is 0.287. The highest BCUT2D eigenvalue weighted by atomic mass is 32.2. The first-order valence-electron chi connectivity index (χ1n) is 4.13. The SMILES string of the molecule is O=C(O)C1C=Nc2ccccc2S1(=O)=O. The van der Waals surface area contributed by atoms with Crippen LogP contribution in [-0.4, -0.2) is 31.0 Å². The Bertz CT molecular complexity index is 547. The van der Waals surface area contributed by atoms with Crippen LogP contribution in [-0.2, 0) is 14.6 Å². The predicted octanol–water partition coefficient (Wildman–Crippen LogP) is 0.629. The van der Waals surface area contributed by atoms with Gasteiger partial charge >= 0.3 is 5.97 Å². The standard InChI is InChI=1S/C9H7NO4S/c11-9(12)8-5-10-6-3-1-2-4-7(6)15(8,13)14/h1-5,8H,(H,11,12). The van der Waals surface area contributed by atoms with Crippen LogP contribution in [0.25, 0.3) is 0 Å². The number of para-hydroxylation sites is 1. The molecule has 1 N–H and O–H groups in total. The summed E-state index contributed by atoms with van der Waals surface area (Å²) in [5, 5.41) is 7.15. The number of sulfone groups is 1. The van der Waals surface area contributed by atoms with Gasteiger partial charge in [0.2, 0.25) is 0 Å². The molecule has 0 saturated carbocycles. The van der Waals surface area contributed by atoms with Crippen molar-refractivity contribution in [1.82, 2.24) is 0 Å². The highest BCUT2D eigenvalue weighted by Crippen LogP contribution is 2.30. The summed E-state index contributed by atoms with van der Waals surface area (Å²) in [7, 11) is -3.83. The van der Waals surface area contributed by atoms with Gasteiger partial charge in [0.05, 0.1) is 10.6 Å². The molecular formula is C9H7NO4S. The molecule has 1 heterocycles. The first-order valence-corrected chi connectivity index (χ1v) is 5.68. The second kappa shape index (κ2) is 3.16. The minimum Gasteiger partial charge on any atom is -0.480 e. The van der Waals surface area contributed by atoms with Crippen molar-refractivity contribution >= 4 is 27.7 Å². The van der Waals surface area contributed by atoms with Crippen LogP contribution < -0.4 is 0 Å². The summed E-state index contributed by atoms with van der Waals surface area (Å²) in [6, 6.07) is 6.07. The third-order valence-corrected chi connectivity index (χ3v) is 4.05. The lowest BCUT2D eigenvalue weighted by molar-refractivity contribution is -0.135. The Balaban J connectivity index is 2.68. The van der Waals surface area contributed by atoms with Gasteiger partial charge in [-0.15, -0.1) is 0 Å². The number of benzene rings is 1. The number of carboxylic acids is 1. The van der Waals surface area contributed by atoms with E-state index < -0.39 is 21.1 Å². The van der Waals surface area contributed by atoms with Gasteiger partial charge in [0.1, 0.15) is 0 Å². The van der Waals surface area contributed by atoms with Gasteiger partial charge in [0.25, 0.3) is 0 Å². The number of hydrogen-bond acceptors (Lipinski definition) is 4. The molecule has 0 bridgehead atoms. The molecule has 0 radical (unpaired) electrons. The van der Waals surface area contributed by atoms with Crippen LogP contribution in [0.4, 0.5) is 5.69 Å². The van der Waals surface area contributed by atoms with E-state index in [-0.39, 0.29) is 10.6 Å². The first-order chi connectivity index (χ1) is 7.03. The fourth-order valence-corrected chi connectivity index (χ4v) is 2.81. The lowest BCUT2D eigenvalue weighted by Gasteiger charge is -2.15. The molecule has 1 aromatic carbocycles. The second-order valence-electron chi connectivity index (χ2n) is 3.05. The van der Waals surface area contributed by atoms with Gasteiger partial charge in [-0.2, -0.15) is 0 Å². The van der Waals surface area contributed by atoms with Gasteiger partial charge in [-0.25, -0.2) is 8.42 Å². The van der Waals surface area contributed by atoms with Crippen molar-refractivity contribution in [2.75, 3.05) is 0 Å². The molecular weight excluding hydrogens is 218 g/mol. The Kier molecular flexibility index (Phi) is 2.08. The van der Waals surface area contributed by atoms with Crippen molar-refractivity contribution in [3.63, 3.8) is 0 Å². The van der Waals surface area contributed by atoms with Gasteiger partial charge in [-0.3, -0.25) is 9.79 Å². The minimum atomic E-state index is -3.83. The normalized spacial score (nSPS) is 22.0. The first kappa shape index (κ1) is 9.85. The maximum atomic E-state index is 11.8. The number of fused-ring (bicyclic) bond motifs is 1. The van der Waals surface area contributed by atoms with Gasteiger partial charge < -0.3 is 5.11 Å². The molecule has 0 aromatic heterocycles. The quantitative estimate of drug-likeness (QED) is 0.759. The summed E-state index contributed by atoms with van der Waals surface area (Å²) in [6.07, 6.45) is 0.944. The molecule has 6 heteroatoms. The highest BCUT2D eigenvalue weighted by molar-refractivity contribution is 7.93. The Hall–Kier alpha value is -1.69. The van der Waals surface area contributed by atoms with E-state index in [1.807, 2.05) is 0 Å². The van der Waals surface area contributed by atoms with Gasteiger partial charge in [0, 0.05) is 6.21 Å². The molecule has 1 atom stereocenters. The Morgan fingerprint density at radius 2 is 2.00 bits per heavy atom. The number of nitrogens with zero attached hydrogens (tertiary/aromatic N) is 1. The number of rotatable bonds is 1. The summed E-state index contributed by atoms with van der Waals surface area (Å²) in [5.74, 6) is -1.41. The minimum absolute atomic E-state index is 0.0279. The van der Waals surface area contributed by atoms with E-state index in [4.69, 9.17) is 5.11 Å². The molecule has 1 aliphatic rings. The van der Waals surface area contributed by atoms with Gasteiger partial charge in [-0.05, 0) is 12.1 Å². The maximum absolute atomic E-state index is 11.8. The average molecular weight is 225 g/mol. The number of carbonyl (C=O) groups is 1. The van der Waals surface area contributed by atoms with E-state index >= 15 is 0 Å². The zero-order valence-corrected chi connectivity index (χ0v) is 8.31. The number of aliphatic imine (C=N–C) groups is 1. The second-order valence-corrected chi connectivity index (χ2v) is 5.09. The molecule has 15 heavy (non-hydrogen) atoms. The van der Waals surface area contributed by atoms with Gasteiger partial charge in [0.15, 0.2) is 15.1 Å². The average Bonchev–Trinajstić information content (AvgIpc) is 2.17. The Morgan fingerprint density at radius 1 is 1.33 bits per heavy atom. The van der Waals surface area contributed by atoms with Crippen molar-refractivity contribution in [3.05, 3.63) is 24.3 Å². The highest BCUT2D eigenvalue weighted by Gasteiger charge is 2.36. The van der Waals surface area contributed by atoms with Crippen LogP contribution in [0.3, 0.4) is 0 Å². The molecule has 0 aliphatic carbocycles. The summed E-state index contributed by atoms with van der Waals surface area (Å²) in [4.78, 5) is 14.5. The molecule has 0 spiro atoms. The van der Waals surface area contributed by atoms with Crippen LogP contribution in [0.5, 0.6) is 0 Å². The van der Waals surface area contributed by atoms with Crippen molar-refractivity contribution in [3.8, 4) is 0 Å². The molecule has 78 valence electrons. The largest absolute Gasteiger partial charge is 0.480 e. The molecule has 0 fully saturated rings. The number of aliphatic carboxylic acids is 1. The van der Waals surface area contributed by atoms with Crippen LogP contribution in [0.2, 0.25) is 0 Å². The summed E-state index contributed by atoms with van der Waals surface area (Å²) < 4.78 is 23.5. The molecule has 2 rings (SSSR count). The van der Waals surface area contributed by atoms with E-state index in [2.05, 4.69) is 4.99 Å².